The Kier molecular flexibility index (Phi) is 4.22. The zero-order chi connectivity index (χ0) is 13.7. The molecular formula is C13H17N5O. The molecule has 0 aliphatic heterocycles. The van der Waals surface area contributed by atoms with Crippen LogP contribution in [0.25, 0.3) is 11.4 Å². The van der Waals surface area contributed by atoms with Gasteiger partial charge in [0.15, 0.2) is 5.82 Å². The first-order chi connectivity index (χ1) is 9.22. The van der Waals surface area contributed by atoms with E-state index in [1.165, 1.54) is 0 Å². The molecule has 0 bridgehead atoms. The zero-order valence-corrected chi connectivity index (χ0v) is 11.3. The fourth-order valence-electron chi connectivity index (χ4n) is 1.60. The molecule has 1 N–H and O–H groups in total. The van der Waals surface area contributed by atoms with Crippen molar-refractivity contribution in [2.75, 3.05) is 18.5 Å². The largest absolute Gasteiger partial charge is 0.464 e. The zero-order valence-electron chi connectivity index (χ0n) is 11.3. The Labute approximate surface area is 112 Å². The summed E-state index contributed by atoms with van der Waals surface area (Å²) in [4.78, 5) is 17.0. The Morgan fingerprint density at radius 3 is 2.74 bits per heavy atom. The molecule has 0 saturated heterocycles. The molecule has 2 aromatic heterocycles. The fourth-order valence-corrected chi connectivity index (χ4v) is 1.60. The van der Waals surface area contributed by atoms with Crippen molar-refractivity contribution in [3.05, 3.63) is 24.0 Å². The normalized spacial score (nSPS) is 10.3. The monoisotopic (exact) mass is 259 g/mol. The number of pyridine rings is 1. The van der Waals surface area contributed by atoms with E-state index < -0.39 is 0 Å². The molecule has 19 heavy (non-hydrogen) atoms. The SMILES string of the molecule is CCNc1nc(OCC)nc(-c2ccnc(C)c2)n1. The van der Waals surface area contributed by atoms with E-state index in [-0.39, 0.29) is 0 Å². The summed E-state index contributed by atoms with van der Waals surface area (Å²) in [6.45, 7) is 7.07. The summed E-state index contributed by atoms with van der Waals surface area (Å²) in [6.07, 6.45) is 1.74. The van der Waals surface area contributed by atoms with Gasteiger partial charge in [-0.25, -0.2) is 0 Å². The maximum atomic E-state index is 5.37. The fraction of sp³-hybridized carbons (Fsp3) is 0.385. The maximum Gasteiger partial charge on any atom is 0.321 e. The van der Waals surface area contributed by atoms with Gasteiger partial charge < -0.3 is 10.1 Å². The first-order valence-corrected chi connectivity index (χ1v) is 6.28. The first kappa shape index (κ1) is 13.2. The third-order valence-corrected chi connectivity index (χ3v) is 2.38. The summed E-state index contributed by atoms with van der Waals surface area (Å²) in [6, 6.07) is 4.13. The number of ether oxygens (including phenoxy) is 1. The van der Waals surface area contributed by atoms with Gasteiger partial charge in [0, 0.05) is 24.0 Å². The van der Waals surface area contributed by atoms with Crippen molar-refractivity contribution in [3.63, 3.8) is 0 Å². The van der Waals surface area contributed by atoms with Crippen molar-refractivity contribution in [2.45, 2.75) is 20.8 Å². The molecule has 0 saturated carbocycles. The molecule has 0 amide bonds. The van der Waals surface area contributed by atoms with Gasteiger partial charge in [0.25, 0.3) is 0 Å². The van der Waals surface area contributed by atoms with Crippen molar-refractivity contribution in [3.8, 4) is 17.4 Å². The van der Waals surface area contributed by atoms with Crippen molar-refractivity contribution in [1.82, 2.24) is 19.9 Å². The third-order valence-electron chi connectivity index (χ3n) is 2.38. The molecule has 0 radical (unpaired) electrons. The lowest BCUT2D eigenvalue weighted by Crippen LogP contribution is -2.07. The van der Waals surface area contributed by atoms with Crippen LogP contribution >= 0.6 is 0 Å². The second-order valence-corrected chi connectivity index (χ2v) is 3.91. The molecule has 0 atom stereocenters. The molecule has 0 fully saturated rings. The molecule has 0 aromatic carbocycles. The number of nitrogens with one attached hydrogen (secondary N) is 1. The molecule has 6 nitrogen and oxygen atoms in total. The van der Waals surface area contributed by atoms with Gasteiger partial charge in [-0.15, -0.1) is 0 Å². The average Bonchev–Trinajstić information content (AvgIpc) is 2.39. The Morgan fingerprint density at radius 1 is 1.21 bits per heavy atom. The van der Waals surface area contributed by atoms with E-state index >= 15 is 0 Å². The highest BCUT2D eigenvalue weighted by molar-refractivity contribution is 5.56. The van der Waals surface area contributed by atoms with E-state index in [9.17, 15) is 0 Å². The smallest absolute Gasteiger partial charge is 0.321 e. The highest BCUT2D eigenvalue weighted by Gasteiger charge is 2.09. The summed E-state index contributed by atoms with van der Waals surface area (Å²) in [5.74, 6) is 1.10. The van der Waals surface area contributed by atoms with E-state index in [0.29, 0.717) is 24.4 Å². The van der Waals surface area contributed by atoms with Gasteiger partial charge >= 0.3 is 6.01 Å². The van der Waals surface area contributed by atoms with E-state index in [2.05, 4.69) is 25.3 Å². The topological polar surface area (TPSA) is 72.8 Å². The highest BCUT2D eigenvalue weighted by Crippen LogP contribution is 2.18. The van der Waals surface area contributed by atoms with E-state index in [1.54, 1.807) is 6.20 Å². The quantitative estimate of drug-likeness (QED) is 0.886. The predicted octanol–water partition coefficient (Wildman–Crippen LogP) is 2.07. The summed E-state index contributed by atoms with van der Waals surface area (Å²) in [5, 5.41) is 3.07. The molecule has 100 valence electrons. The van der Waals surface area contributed by atoms with Gasteiger partial charge in [-0.3, -0.25) is 4.98 Å². The van der Waals surface area contributed by atoms with Crippen LogP contribution in [-0.4, -0.2) is 33.1 Å². The second kappa shape index (κ2) is 6.08. The van der Waals surface area contributed by atoms with E-state index in [4.69, 9.17) is 4.74 Å². The number of nitrogens with zero attached hydrogens (tertiary/aromatic N) is 4. The van der Waals surface area contributed by atoms with Gasteiger partial charge in [-0.2, -0.15) is 15.0 Å². The minimum Gasteiger partial charge on any atom is -0.464 e. The highest BCUT2D eigenvalue weighted by atomic mass is 16.5. The Balaban J connectivity index is 2.43. The number of rotatable bonds is 5. The van der Waals surface area contributed by atoms with Gasteiger partial charge in [-0.1, -0.05) is 0 Å². The van der Waals surface area contributed by atoms with Crippen molar-refractivity contribution in [1.29, 1.82) is 0 Å². The number of anilines is 1. The van der Waals surface area contributed by atoms with Crippen LogP contribution in [0.15, 0.2) is 18.3 Å². The number of aryl methyl sites for hydroxylation is 1. The molecular weight excluding hydrogens is 242 g/mol. The lowest BCUT2D eigenvalue weighted by atomic mass is 10.2. The number of aromatic nitrogens is 4. The average molecular weight is 259 g/mol. The summed E-state index contributed by atoms with van der Waals surface area (Å²) in [5.41, 5.74) is 1.82. The van der Waals surface area contributed by atoms with E-state index in [0.717, 1.165) is 17.8 Å². The van der Waals surface area contributed by atoms with E-state index in [1.807, 2.05) is 32.9 Å². The summed E-state index contributed by atoms with van der Waals surface area (Å²) < 4.78 is 5.37. The third kappa shape index (κ3) is 3.37. The van der Waals surface area contributed by atoms with Crippen molar-refractivity contribution >= 4 is 5.95 Å². The Bertz CT molecular complexity index is 534. The molecule has 2 aromatic rings. The second-order valence-electron chi connectivity index (χ2n) is 3.91. The van der Waals surface area contributed by atoms with Crippen LogP contribution in [0.2, 0.25) is 0 Å². The molecule has 6 heteroatoms. The van der Waals surface area contributed by atoms with Crippen molar-refractivity contribution < 1.29 is 4.74 Å². The summed E-state index contributed by atoms with van der Waals surface area (Å²) in [7, 11) is 0. The van der Waals surface area contributed by atoms with Crippen molar-refractivity contribution in [2.24, 2.45) is 0 Å². The van der Waals surface area contributed by atoms with Gasteiger partial charge in [0.05, 0.1) is 6.61 Å². The van der Waals surface area contributed by atoms with Gasteiger partial charge in [-0.05, 0) is 32.9 Å². The molecule has 0 aliphatic rings. The lowest BCUT2D eigenvalue weighted by molar-refractivity contribution is 0.312. The van der Waals surface area contributed by atoms with Crippen LogP contribution in [0.4, 0.5) is 5.95 Å². The van der Waals surface area contributed by atoms with Crippen LogP contribution in [0, 0.1) is 6.92 Å². The molecule has 0 unspecified atom stereocenters. The van der Waals surface area contributed by atoms with Crippen LogP contribution in [0.5, 0.6) is 6.01 Å². The first-order valence-electron chi connectivity index (χ1n) is 6.28. The molecule has 2 rings (SSSR count). The minimum absolute atomic E-state index is 0.331. The molecule has 0 spiro atoms. The van der Waals surface area contributed by atoms with Crippen LogP contribution in [0.3, 0.4) is 0 Å². The standard InChI is InChI=1S/C13H17N5O/c1-4-14-12-16-11(17-13(18-12)19-5-2)10-6-7-15-9(3)8-10/h6-8H,4-5H2,1-3H3,(H,14,16,17,18). The molecule has 0 aliphatic carbocycles. The minimum atomic E-state index is 0.331. The summed E-state index contributed by atoms with van der Waals surface area (Å²) >= 11 is 0. The van der Waals surface area contributed by atoms with Gasteiger partial charge in [0.2, 0.25) is 5.95 Å². The Morgan fingerprint density at radius 2 is 2.05 bits per heavy atom. The predicted molar refractivity (Wildman–Crippen MR) is 73.1 cm³/mol. The van der Waals surface area contributed by atoms with Gasteiger partial charge in [0.1, 0.15) is 0 Å². The number of hydrogen-bond acceptors (Lipinski definition) is 6. The number of hydrogen-bond donors (Lipinski definition) is 1. The Hall–Kier alpha value is -2.24. The van der Waals surface area contributed by atoms with Crippen LogP contribution < -0.4 is 10.1 Å². The molecule has 2 heterocycles. The maximum absolute atomic E-state index is 5.37. The van der Waals surface area contributed by atoms with Crippen LogP contribution in [-0.2, 0) is 0 Å². The van der Waals surface area contributed by atoms with Crippen LogP contribution in [0.1, 0.15) is 19.5 Å². The lowest BCUT2D eigenvalue weighted by Gasteiger charge is -2.08.